The van der Waals surface area contributed by atoms with Crippen LogP contribution in [0.4, 0.5) is 4.39 Å². The summed E-state index contributed by atoms with van der Waals surface area (Å²) < 4.78 is 13.7. The standard InChI is InChI=1S/C12H16FNO2/c1-12(2,3)8-5-4-7(6-9(8)13)10(14)11(15)16/h4-6,10H,14H2,1-3H3,(H,15,16). The topological polar surface area (TPSA) is 63.3 Å². The Morgan fingerprint density at radius 1 is 1.44 bits per heavy atom. The molecule has 1 unspecified atom stereocenters. The van der Waals surface area contributed by atoms with Gasteiger partial charge in [-0.2, -0.15) is 0 Å². The highest BCUT2D eigenvalue weighted by atomic mass is 19.1. The van der Waals surface area contributed by atoms with Crippen molar-refractivity contribution in [1.82, 2.24) is 0 Å². The van der Waals surface area contributed by atoms with E-state index in [1.165, 1.54) is 6.07 Å². The van der Waals surface area contributed by atoms with Gasteiger partial charge in [0.25, 0.3) is 0 Å². The van der Waals surface area contributed by atoms with E-state index in [0.29, 0.717) is 5.56 Å². The van der Waals surface area contributed by atoms with Crippen LogP contribution in [0, 0.1) is 5.82 Å². The molecule has 16 heavy (non-hydrogen) atoms. The van der Waals surface area contributed by atoms with Gasteiger partial charge < -0.3 is 10.8 Å². The van der Waals surface area contributed by atoms with Gasteiger partial charge in [0.05, 0.1) is 0 Å². The van der Waals surface area contributed by atoms with Crippen LogP contribution in [0.5, 0.6) is 0 Å². The maximum atomic E-state index is 13.7. The number of carbonyl (C=O) groups is 1. The molecule has 0 fully saturated rings. The summed E-state index contributed by atoms with van der Waals surface area (Å²) in [6, 6.07) is 3.17. The maximum absolute atomic E-state index is 13.7. The van der Waals surface area contributed by atoms with E-state index in [9.17, 15) is 9.18 Å². The Bertz CT molecular complexity index is 410. The number of benzene rings is 1. The molecule has 0 aromatic heterocycles. The molecule has 1 aromatic carbocycles. The molecule has 1 atom stereocenters. The average molecular weight is 225 g/mol. The summed E-state index contributed by atoms with van der Waals surface area (Å²) >= 11 is 0. The normalized spacial score (nSPS) is 13.6. The zero-order valence-corrected chi connectivity index (χ0v) is 9.62. The second-order valence-corrected chi connectivity index (χ2v) is 4.81. The monoisotopic (exact) mass is 225 g/mol. The lowest BCUT2D eigenvalue weighted by Crippen LogP contribution is -2.21. The summed E-state index contributed by atoms with van der Waals surface area (Å²) in [5.74, 6) is -1.58. The first-order chi connectivity index (χ1) is 7.23. The van der Waals surface area contributed by atoms with Gasteiger partial charge in [-0.25, -0.2) is 4.39 Å². The fourth-order valence-corrected chi connectivity index (χ4v) is 1.48. The summed E-state index contributed by atoms with van der Waals surface area (Å²) in [6.45, 7) is 5.67. The Labute approximate surface area is 94.1 Å². The van der Waals surface area contributed by atoms with E-state index < -0.39 is 17.8 Å². The highest BCUT2D eigenvalue weighted by Crippen LogP contribution is 2.26. The third kappa shape index (κ3) is 2.58. The molecule has 0 amide bonds. The van der Waals surface area contributed by atoms with Crippen molar-refractivity contribution in [2.24, 2.45) is 5.73 Å². The minimum atomic E-state index is -1.18. The van der Waals surface area contributed by atoms with Crippen molar-refractivity contribution < 1.29 is 14.3 Å². The van der Waals surface area contributed by atoms with Crippen LogP contribution in [0.3, 0.4) is 0 Å². The van der Waals surface area contributed by atoms with Gasteiger partial charge in [0.1, 0.15) is 11.9 Å². The van der Waals surface area contributed by atoms with Gasteiger partial charge in [0.15, 0.2) is 0 Å². The van der Waals surface area contributed by atoms with Crippen molar-refractivity contribution in [2.75, 3.05) is 0 Å². The SMILES string of the molecule is CC(C)(C)c1ccc(C(N)C(=O)O)cc1F. The summed E-state index contributed by atoms with van der Waals surface area (Å²) in [4.78, 5) is 10.6. The molecule has 88 valence electrons. The molecule has 3 N–H and O–H groups in total. The number of carboxylic acid groups (broad SMARTS) is 1. The van der Waals surface area contributed by atoms with E-state index in [4.69, 9.17) is 10.8 Å². The van der Waals surface area contributed by atoms with E-state index in [0.717, 1.165) is 0 Å². The molecule has 4 heteroatoms. The van der Waals surface area contributed by atoms with Gasteiger partial charge in [0.2, 0.25) is 0 Å². The summed E-state index contributed by atoms with van der Waals surface area (Å²) in [6.07, 6.45) is 0. The Balaban J connectivity index is 3.14. The Hall–Kier alpha value is -1.42. The molecule has 0 aliphatic heterocycles. The van der Waals surface area contributed by atoms with Crippen LogP contribution >= 0.6 is 0 Å². The van der Waals surface area contributed by atoms with Crippen molar-refractivity contribution in [2.45, 2.75) is 32.2 Å². The van der Waals surface area contributed by atoms with Crippen LogP contribution in [-0.2, 0) is 10.2 Å². The number of nitrogens with two attached hydrogens (primary N) is 1. The molecule has 0 heterocycles. The summed E-state index contributed by atoms with van der Waals surface area (Å²) in [5, 5.41) is 8.71. The maximum Gasteiger partial charge on any atom is 0.325 e. The lowest BCUT2D eigenvalue weighted by molar-refractivity contribution is -0.138. The van der Waals surface area contributed by atoms with Crippen LogP contribution in [0.25, 0.3) is 0 Å². The minimum Gasteiger partial charge on any atom is -0.480 e. The molecule has 0 bridgehead atoms. The van der Waals surface area contributed by atoms with E-state index in [2.05, 4.69) is 0 Å². The number of carboxylic acids is 1. The van der Waals surface area contributed by atoms with Crippen molar-refractivity contribution >= 4 is 5.97 Å². The van der Waals surface area contributed by atoms with Gasteiger partial charge in [-0.05, 0) is 22.6 Å². The van der Waals surface area contributed by atoms with E-state index >= 15 is 0 Å². The van der Waals surface area contributed by atoms with Crippen molar-refractivity contribution in [3.63, 3.8) is 0 Å². The average Bonchev–Trinajstić information content (AvgIpc) is 2.14. The van der Waals surface area contributed by atoms with Crippen molar-refractivity contribution in [1.29, 1.82) is 0 Å². The molecule has 1 rings (SSSR count). The Kier molecular flexibility index (Phi) is 3.33. The molecular weight excluding hydrogens is 209 g/mol. The zero-order chi connectivity index (χ0) is 12.5. The minimum absolute atomic E-state index is 0.276. The number of hydrogen-bond donors (Lipinski definition) is 2. The fourth-order valence-electron chi connectivity index (χ4n) is 1.48. The van der Waals surface area contributed by atoms with E-state index in [1.807, 2.05) is 20.8 Å². The lowest BCUT2D eigenvalue weighted by atomic mass is 9.85. The second kappa shape index (κ2) is 4.22. The third-order valence-corrected chi connectivity index (χ3v) is 2.43. The van der Waals surface area contributed by atoms with Gasteiger partial charge in [-0.3, -0.25) is 4.79 Å². The first-order valence-electron chi connectivity index (χ1n) is 5.02. The predicted octanol–water partition coefficient (Wildman–Crippen LogP) is 2.21. The van der Waals surface area contributed by atoms with Crippen LogP contribution in [-0.4, -0.2) is 11.1 Å². The quantitative estimate of drug-likeness (QED) is 0.811. The van der Waals surface area contributed by atoms with E-state index in [1.54, 1.807) is 12.1 Å². The number of hydrogen-bond acceptors (Lipinski definition) is 2. The molecule has 0 spiro atoms. The van der Waals surface area contributed by atoms with E-state index in [-0.39, 0.29) is 11.0 Å². The highest BCUT2D eigenvalue weighted by Gasteiger charge is 2.21. The van der Waals surface area contributed by atoms with Crippen LogP contribution in [0.15, 0.2) is 18.2 Å². The number of rotatable bonds is 2. The second-order valence-electron chi connectivity index (χ2n) is 4.81. The molecule has 0 radical (unpaired) electrons. The molecular formula is C12H16FNO2. The molecule has 0 saturated heterocycles. The first-order valence-corrected chi connectivity index (χ1v) is 5.02. The predicted molar refractivity (Wildman–Crippen MR) is 59.7 cm³/mol. The molecule has 0 aliphatic carbocycles. The molecule has 0 saturated carbocycles. The Morgan fingerprint density at radius 2 is 2.00 bits per heavy atom. The van der Waals surface area contributed by atoms with Crippen LogP contribution in [0.1, 0.15) is 37.9 Å². The summed E-state index contributed by atoms with van der Waals surface area (Å²) in [5.41, 5.74) is 5.92. The van der Waals surface area contributed by atoms with Crippen molar-refractivity contribution in [3.05, 3.63) is 35.1 Å². The zero-order valence-electron chi connectivity index (χ0n) is 9.62. The van der Waals surface area contributed by atoms with Gasteiger partial charge in [-0.1, -0.05) is 32.9 Å². The van der Waals surface area contributed by atoms with Crippen molar-refractivity contribution in [3.8, 4) is 0 Å². The smallest absolute Gasteiger partial charge is 0.325 e. The molecule has 3 nitrogen and oxygen atoms in total. The lowest BCUT2D eigenvalue weighted by Gasteiger charge is -2.20. The van der Waals surface area contributed by atoms with Crippen LogP contribution < -0.4 is 5.73 Å². The number of aliphatic carboxylic acids is 1. The fraction of sp³-hybridized carbons (Fsp3) is 0.417. The van der Waals surface area contributed by atoms with Crippen LogP contribution in [0.2, 0.25) is 0 Å². The van der Waals surface area contributed by atoms with Gasteiger partial charge >= 0.3 is 5.97 Å². The van der Waals surface area contributed by atoms with Gasteiger partial charge in [-0.15, -0.1) is 0 Å². The third-order valence-electron chi connectivity index (χ3n) is 2.43. The summed E-state index contributed by atoms with van der Waals surface area (Å²) in [7, 11) is 0. The van der Waals surface area contributed by atoms with Gasteiger partial charge in [0, 0.05) is 0 Å². The largest absolute Gasteiger partial charge is 0.480 e. The highest BCUT2D eigenvalue weighted by molar-refractivity contribution is 5.75. The first kappa shape index (κ1) is 12.6. The molecule has 0 aliphatic rings. The number of halogens is 1. The Morgan fingerprint density at radius 3 is 2.38 bits per heavy atom. The molecule has 1 aromatic rings.